The van der Waals surface area contributed by atoms with Crippen molar-refractivity contribution in [2.24, 2.45) is 0 Å². The number of nitrogens with one attached hydrogen (secondary N) is 1. The normalized spacial score (nSPS) is 11.4. The van der Waals surface area contributed by atoms with Gasteiger partial charge in [0.05, 0.1) is 19.0 Å². The molecule has 154 valence electrons. The van der Waals surface area contributed by atoms with E-state index < -0.39 is 12.1 Å². The smallest absolute Gasteiger partial charge is 0.363 e. The summed E-state index contributed by atoms with van der Waals surface area (Å²) < 4.78 is 12.1. The van der Waals surface area contributed by atoms with E-state index in [1.165, 1.54) is 25.6 Å². The summed E-state index contributed by atoms with van der Waals surface area (Å²) in [4.78, 5) is 36.3. The zero-order valence-corrected chi connectivity index (χ0v) is 16.8. The Kier molecular flexibility index (Phi) is 6.26. The maximum Gasteiger partial charge on any atom is 0.363 e. The number of amides is 1. The van der Waals surface area contributed by atoms with E-state index in [-0.39, 0.29) is 23.1 Å². The minimum Gasteiger partial charge on any atom is -0.493 e. The first-order chi connectivity index (χ1) is 14.4. The average Bonchev–Trinajstić information content (AvgIpc) is 3.18. The lowest BCUT2D eigenvalue weighted by Crippen LogP contribution is -2.25. The summed E-state index contributed by atoms with van der Waals surface area (Å²) in [7, 11) is 1.42. The third kappa shape index (κ3) is 4.72. The number of carbonyl (C=O) groups is 3. The van der Waals surface area contributed by atoms with Gasteiger partial charge in [-0.15, -0.1) is 0 Å². The van der Waals surface area contributed by atoms with Crippen molar-refractivity contribution in [1.29, 1.82) is 0 Å². The fraction of sp³-hybridized carbons (Fsp3) is 0.182. The molecule has 8 nitrogen and oxygen atoms in total. The fourth-order valence-electron chi connectivity index (χ4n) is 2.79. The van der Waals surface area contributed by atoms with Gasteiger partial charge in [0.2, 0.25) is 17.4 Å². The number of rotatable bonds is 7. The number of Topliss-reactive ketones (excluding diaryl/α,β-unsaturated/α-hetero) is 1. The lowest BCUT2D eigenvalue weighted by Gasteiger charge is -2.12. The first kappa shape index (κ1) is 20.8. The van der Waals surface area contributed by atoms with Crippen molar-refractivity contribution in [2.45, 2.75) is 20.0 Å². The number of anilines is 1. The standard InChI is InChI=1S/C22H21N3O5/c1-14(21(27)16-9-11-17(12-10-16)23-15(2)26)30-22(28)20-19(29-3)13-25(24-20)18-7-5-4-6-8-18/h4-14H,1-3H3,(H,23,26)/t14-/m0/s1. The molecule has 3 aromatic rings. The van der Waals surface area contributed by atoms with Crippen molar-refractivity contribution in [3.8, 4) is 11.4 Å². The van der Waals surface area contributed by atoms with E-state index in [1.807, 2.05) is 30.3 Å². The van der Waals surface area contributed by atoms with Crippen molar-refractivity contribution >= 4 is 23.3 Å². The molecule has 0 bridgehead atoms. The summed E-state index contributed by atoms with van der Waals surface area (Å²) in [5, 5.41) is 6.86. The minimum atomic E-state index is -1.03. The van der Waals surface area contributed by atoms with Gasteiger partial charge >= 0.3 is 5.97 Å². The van der Waals surface area contributed by atoms with E-state index >= 15 is 0 Å². The number of ketones is 1. The fourth-order valence-corrected chi connectivity index (χ4v) is 2.79. The van der Waals surface area contributed by atoms with Gasteiger partial charge in [0, 0.05) is 18.2 Å². The number of hydrogen-bond donors (Lipinski definition) is 1. The second-order valence-corrected chi connectivity index (χ2v) is 6.50. The molecule has 3 rings (SSSR count). The van der Waals surface area contributed by atoms with E-state index in [4.69, 9.17) is 9.47 Å². The van der Waals surface area contributed by atoms with Crippen LogP contribution in [-0.4, -0.2) is 40.7 Å². The first-order valence-corrected chi connectivity index (χ1v) is 9.21. The molecule has 0 aliphatic heterocycles. The zero-order valence-electron chi connectivity index (χ0n) is 16.8. The van der Waals surface area contributed by atoms with Crippen molar-refractivity contribution in [3.05, 3.63) is 72.1 Å². The number of benzene rings is 2. The van der Waals surface area contributed by atoms with E-state index in [9.17, 15) is 14.4 Å². The molecule has 0 saturated heterocycles. The van der Waals surface area contributed by atoms with Crippen LogP contribution in [0, 0.1) is 0 Å². The number of ether oxygens (including phenoxy) is 2. The Morgan fingerprint density at radius 3 is 2.30 bits per heavy atom. The maximum atomic E-state index is 12.6. The Labute approximate surface area is 173 Å². The number of nitrogens with zero attached hydrogens (tertiary/aromatic N) is 2. The van der Waals surface area contributed by atoms with Gasteiger partial charge in [-0.1, -0.05) is 18.2 Å². The molecule has 0 aliphatic carbocycles. The number of hydrogen-bond acceptors (Lipinski definition) is 6. The van der Waals surface area contributed by atoms with Crippen LogP contribution in [0.3, 0.4) is 0 Å². The van der Waals surface area contributed by atoms with Crippen molar-refractivity contribution in [1.82, 2.24) is 9.78 Å². The van der Waals surface area contributed by atoms with Gasteiger partial charge in [-0.3, -0.25) is 9.59 Å². The van der Waals surface area contributed by atoms with Gasteiger partial charge in [-0.05, 0) is 43.3 Å². The summed E-state index contributed by atoms with van der Waals surface area (Å²) in [6.07, 6.45) is 0.537. The maximum absolute atomic E-state index is 12.6. The second kappa shape index (κ2) is 9.04. The van der Waals surface area contributed by atoms with Crippen LogP contribution >= 0.6 is 0 Å². The van der Waals surface area contributed by atoms with Crippen LogP contribution in [0.25, 0.3) is 5.69 Å². The molecule has 8 heteroatoms. The van der Waals surface area contributed by atoms with Crippen LogP contribution in [0.5, 0.6) is 5.75 Å². The molecule has 2 aromatic carbocycles. The molecule has 0 radical (unpaired) electrons. The summed E-state index contributed by atoms with van der Waals surface area (Å²) in [6, 6.07) is 15.6. The van der Waals surface area contributed by atoms with Crippen LogP contribution in [0.15, 0.2) is 60.8 Å². The molecule has 30 heavy (non-hydrogen) atoms. The third-order valence-electron chi connectivity index (χ3n) is 4.26. The first-order valence-electron chi connectivity index (χ1n) is 9.21. The molecule has 1 N–H and O–H groups in total. The highest BCUT2D eigenvalue weighted by molar-refractivity contribution is 6.02. The Morgan fingerprint density at radius 1 is 1.03 bits per heavy atom. The molecule has 1 aromatic heterocycles. The van der Waals surface area contributed by atoms with E-state index in [0.717, 1.165) is 5.69 Å². The zero-order chi connectivity index (χ0) is 21.7. The van der Waals surface area contributed by atoms with Gasteiger partial charge in [0.15, 0.2) is 11.9 Å². The van der Waals surface area contributed by atoms with Crippen molar-refractivity contribution < 1.29 is 23.9 Å². The molecule has 1 atom stereocenters. The van der Waals surface area contributed by atoms with Crippen LogP contribution in [0.4, 0.5) is 5.69 Å². The quantitative estimate of drug-likeness (QED) is 0.477. The van der Waals surface area contributed by atoms with Gasteiger partial charge in [-0.25, -0.2) is 9.48 Å². The SMILES string of the molecule is COc1cn(-c2ccccc2)nc1C(=O)O[C@@H](C)C(=O)c1ccc(NC(C)=O)cc1. The number of para-hydroxylation sites is 1. The predicted octanol–water partition coefficient (Wildman–Crippen LogP) is 3.27. The summed E-state index contributed by atoms with van der Waals surface area (Å²) in [5.74, 6) is -1.11. The number of esters is 1. The molecular formula is C22H21N3O5. The summed E-state index contributed by atoms with van der Waals surface area (Å²) >= 11 is 0. The average molecular weight is 407 g/mol. The van der Waals surface area contributed by atoms with Crippen molar-refractivity contribution in [2.75, 3.05) is 12.4 Å². The Balaban J connectivity index is 1.73. The monoisotopic (exact) mass is 407 g/mol. The second-order valence-electron chi connectivity index (χ2n) is 6.50. The van der Waals surface area contributed by atoms with E-state index in [0.29, 0.717) is 11.3 Å². The number of methoxy groups -OCH3 is 1. The predicted molar refractivity (Wildman–Crippen MR) is 110 cm³/mol. The molecule has 1 heterocycles. The van der Waals surface area contributed by atoms with E-state index in [2.05, 4.69) is 10.4 Å². The number of aromatic nitrogens is 2. The number of carbonyl (C=O) groups excluding carboxylic acids is 3. The van der Waals surface area contributed by atoms with Crippen LogP contribution < -0.4 is 10.1 Å². The van der Waals surface area contributed by atoms with E-state index in [1.54, 1.807) is 30.5 Å². The molecule has 0 spiro atoms. The molecule has 0 saturated carbocycles. The largest absolute Gasteiger partial charge is 0.493 e. The minimum absolute atomic E-state index is 0.0259. The Hall–Kier alpha value is -3.94. The molecule has 1 amide bonds. The van der Waals surface area contributed by atoms with Gasteiger partial charge in [0.25, 0.3) is 0 Å². The summed E-state index contributed by atoms with van der Waals surface area (Å²) in [5.41, 5.74) is 1.64. The highest BCUT2D eigenvalue weighted by Gasteiger charge is 2.25. The molecule has 0 aliphatic rings. The molecule has 0 fully saturated rings. The lowest BCUT2D eigenvalue weighted by atomic mass is 10.1. The highest BCUT2D eigenvalue weighted by atomic mass is 16.5. The van der Waals surface area contributed by atoms with Crippen LogP contribution in [-0.2, 0) is 9.53 Å². The Bertz CT molecular complexity index is 1060. The topological polar surface area (TPSA) is 99.5 Å². The van der Waals surface area contributed by atoms with Crippen LogP contribution in [0.2, 0.25) is 0 Å². The van der Waals surface area contributed by atoms with Gasteiger partial charge in [0.1, 0.15) is 0 Å². The molecular weight excluding hydrogens is 386 g/mol. The third-order valence-corrected chi connectivity index (χ3v) is 4.26. The molecule has 0 unspecified atom stereocenters. The van der Waals surface area contributed by atoms with Gasteiger partial charge in [-0.2, -0.15) is 5.10 Å². The Morgan fingerprint density at radius 2 is 1.70 bits per heavy atom. The summed E-state index contributed by atoms with van der Waals surface area (Å²) in [6.45, 7) is 2.89. The van der Waals surface area contributed by atoms with Crippen molar-refractivity contribution in [3.63, 3.8) is 0 Å². The van der Waals surface area contributed by atoms with Crippen LogP contribution in [0.1, 0.15) is 34.7 Å². The highest BCUT2D eigenvalue weighted by Crippen LogP contribution is 2.21. The lowest BCUT2D eigenvalue weighted by molar-refractivity contribution is -0.114. The van der Waals surface area contributed by atoms with Gasteiger partial charge < -0.3 is 14.8 Å².